The minimum Gasteiger partial charge on any atom is -0.381 e. The topological polar surface area (TPSA) is 73.6 Å². The lowest BCUT2D eigenvalue weighted by molar-refractivity contribution is 1.11. The number of pyridine rings is 1. The van der Waals surface area contributed by atoms with E-state index in [9.17, 15) is 4.79 Å². The van der Waals surface area contributed by atoms with E-state index in [4.69, 9.17) is 0 Å². The van der Waals surface area contributed by atoms with E-state index >= 15 is 0 Å². The lowest BCUT2D eigenvalue weighted by Gasteiger charge is -2.06. The van der Waals surface area contributed by atoms with E-state index in [1.165, 1.54) is 0 Å². The van der Waals surface area contributed by atoms with Crippen molar-refractivity contribution in [2.24, 2.45) is 0 Å². The average molecular weight is 319 g/mol. The van der Waals surface area contributed by atoms with Gasteiger partial charge in [0.15, 0.2) is 0 Å². The number of aromatic nitrogens is 3. The average Bonchev–Trinajstić information content (AvgIpc) is 2.75. The van der Waals surface area contributed by atoms with E-state index in [1.54, 1.807) is 6.20 Å². The van der Waals surface area contributed by atoms with Crippen LogP contribution < -0.4 is 11.0 Å². The number of nitrogens with one attached hydrogen (secondary N) is 3. The predicted octanol–water partition coefficient (Wildman–Crippen LogP) is 2.63. The number of nitrogens with zero attached hydrogens (tertiary/aromatic N) is 1. The molecule has 0 amide bonds. The largest absolute Gasteiger partial charge is 0.381 e. The van der Waals surface area contributed by atoms with E-state index in [1.807, 2.05) is 30.5 Å². The van der Waals surface area contributed by atoms with Gasteiger partial charge in [-0.2, -0.15) is 0 Å². The molecule has 0 unspecified atom stereocenters. The van der Waals surface area contributed by atoms with Gasteiger partial charge in [-0.3, -0.25) is 4.98 Å². The number of hydrogen-bond acceptors (Lipinski definition) is 3. The number of fused-ring (bicyclic) bond motifs is 1. The monoisotopic (exact) mass is 318 g/mol. The normalized spacial score (nSPS) is 10.8. The molecule has 0 bridgehead atoms. The van der Waals surface area contributed by atoms with E-state index in [0.29, 0.717) is 6.54 Å². The number of hydrogen-bond donors (Lipinski definition) is 3. The summed E-state index contributed by atoms with van der Waals surface area (Å²) in [6.07, 6.45) is 3.56. The molecule has 6 heteroatoms. The molecule has 0 atom stereocenters. The Morgan fingerprint density at radius 1 is 1.16 bits per heavy atom. The number of aromatic amines is 2. The van der Waals surface area contributed by atoms with Crippen LogP contribution in [-0.4, -0.2) is 15.0 Å². The summed E-state index contributed by atoms with van der Waals surface area (Å²) in [5.41, 5.74) is 3.44. The third-order valence-electron chi connectivity index (χ3n) is 2.77. The second kappa shape index (κ2) is 4.89. The van der Waals surface area contributed by atoms with Gasteiger partial charge in [-0.15, -0.1) is 0 Å². The third-order valence-corrected chi connectivity index (χ3v) is 3.21. The summed E-state index contributed by atoms with van der Waals surface area (Å²) in [7, 11) is 0. The van der Waals surface area contributed by atoms with Crippen LogP contribution >= 0.6 is 15.9 Å². The van der Waals surface area contributed by atoms with Crippen LogP contribution in [0.5, 0.6) is 0 Å². The van der Waals surface area contributed by atoms with Crippen molar-refractivity contribution in [2.75, 3.05) is 5.32 Å². The third kappa shape index (κ3) is 2.68. The maximum atomic E-state index is 11.2. The molecule has 0 saturated heterocycles. The van der Waals surface area contributed by atoms with Gasteiger partial charge in [-0.1, -0.05) is 0 Å². The van der Waals surface area contributed by atoms with Gasteiger partial charge in [0.25, 0.3) is 0 Å². The second-order valence-electron chi connectivity index (χ2n) is 4.20. The Bertz CT molecular complexity index is 777. The molecule has 0 fully saturated rings. The summed E-state index contributed by atoms with van der Waals surface area (Å²) in [6.45, 7) is 0.673. The highest BCUT2D eigenvalue weighted by atomic mass is 79.9. The zero-order valence-corrected chi connectivity index (χ0v) is 11.5. The molecule has 5 nitrogen and oxygen atoms in total. The maximum Gasteiger partial charge on any atom is 0.323 e. The first-order chi connectivity index (χ1) is 9.20. The van der Waals surface area contributed by atoms with E-state index < -0.39 is 0 Å². The summed E-state index contributed by atoms with van der Waals surface area (Å²) in [6, 6.07) is 7.71. The molecule has 3 rings (SSSR count). The molecule has 2 aromatic heterocycles. The summed E-state index contributed by atoms with van der Waals surface area (Å²) in [5.74, 6) is 0. The van der Waals surface area contributed by atoms with E-state index in [0.717, 1.165) is 26.8 Å². The van der Waals surface area contributed by atoms with Crippen LogP contribution in [0, 0.1) is 0 Å². The van der Waals surface area contributed by atoms with Crippen molar-refractivity contribution in [3.8, 4) is 0 Å². The van der Waals surface area contributed by atoms with Gasteiger partial charge < -0.3 is 15.3 Å². The Morgan fingerprint density at radius 2 is 2.00 bits per heavy atom. The first-order valence-corrected chi connectivity index (χ1v) is 6.55. The Morgan fingerprint density at radius 3 is 2.84 bits per heavy atom. The van der Waals surface area contributed by atoms with Crippen molar-refractivity contribution in [3.63, 3.8) is 0 Å². The molecular formula is C13H11BrN4O. The molecular weight excluding hydrogens is 308 g/mol. The van der Waals surface area contributed by atoms with Crippen LogP contribution in [-0.2, 0) is 6.54 Å². The number of H-pyrrole nitrogens is 2. The highest BCUT2D eigenvalue weighted by Gasteiger charge is 2.00. The second-order valence-corrected chi connectivity index (χ2v) is 5.12. The Hall–Kier alpha value is -2.08. The van der Waals surface area contributed by atoms with Gasteiger partial charge >= 0.3 is 5.69 Å². The molecule has 96 valence electrons. The van der Waals surface area contributed by atoms with E-state index in [-0.39, 0.29) is 5.69 Å². The van der Waals surface area contributed by atoms with Gasteiger partial charge in [0.1, 0.15) is 0 Å². The van der Waals surface area contributed by atoms with Crippen LogP contribution in [0.2, 0.25) is 0 Å². The fourth-order valence-corrected chi connectivity index (χ4v) is 2.31. The van der Waals surface area contributed by atoms with Crippen LogP contribution in [0.1, 0.15) is 5.56 Å². The molecule has 3 N–H and O–H groups in total. The van der Waals surface area contributed by atoms with Crippen molar-refractivity contribution in [2.45, 2.75) is 6.54 Å². The Kier molecular flexibility index (Phi) is 3.08. The first-order valence-electron chi connectivity index (χ1n) is 5.76. The van der Waals surface area contributed by atoms with Gasteiger partial charge in [0, 0.05) is 29.1 Å². The van der Waals surface area contributed by atoms with Crippen molar-refractivity contribution in [1.29, 1.82) is 0 Å². The fourth-order valence-electron chi connectivity index (χ4n) is 1.90. The summed E-state index contributed by atoms with van der Waals surface area (Å²) >= 11 is 3.39. The molecule has 0 aliphatic heterocycles. The standard InChI is InChI=1S/C13H11BrN4O/c14-9-3-8(5-15-7-9)6-16-10-1-2-11-12(4-10)18-13(19)17-11/h1-5,7,16H,6H2,(H2,17,18,19). The summed E-state index contributed by atoms with van der Waals surface area (Å²) in [5, 5.41) is 3.29. The highest BCUT2D eigenvalue weighted by Crippen LogP contribution is 2.16. The van der Waals surface area contributed by atoms with Crippen LogP contribution in [0.4, 0.5) is 5.69 Å². The smallest absolute Gasteiger partial charge is 0.323 e. The minimum atomic E-state index is -0.191. The van der Waals surface area contributed by atoms with Crippen LogP contribution in [0.15, 0.2) is 45.9 Å². The van der Waals surface area contributed by atoms with E-state index in [2.05, 4.69) is 36.2 Å². The predicted molar refractivity (Wildman–Crippen MR) is 78.2 cm³/mol. The molecule has 0 spiro atoms. The molecule has 0 saturated carbocycles. The molecule has 3 aromatic rings. The van der Waals surface area contributed by atoms with Gasteiger partial charge in [-0.25, -0.2) is 4.79 Å². The van der Waals surface area contributed by atoms with Gasteiger partial charge in [0.2, 0.25) is 0 Å². The number of anilines is 1. The number of rotatable bonds is 3. The lowest BCUT2D eigenvalue weighted by Crippen LogP contribution is -2.00. The van der Waals surface area contributed by atoms with Crippen LogP contribution in [0.3, 0.4) is 0 Å². The Labute approximate surface area is 117 Å². The van der Waals surface area contributed by atoms with Crippen molar-refractivity contribution in [1.82, 2.24) is 15.0 Å². The lowest BCUT2D eigenvalue weighted by atomic mass is 10.2. The number of halogens is 1. The van der Waals surface area contributed by atoms with Crippen molar-refractivity contribution in [3.05, 3.63) is 57.2 Å². The Balaban J connectivity index is 1.79. The SMILES string of the molecule is O=c1[nH]c2ccc(NCc3cncc(Br)c3)cc2[nH]1. The molecule has 0 aliphatic carbocycles. The molecule has 2 heterocycles. The molecule has 19 heavy (non-hydrogen) atoms. The quantitative estimate of drug-likeness (QED) is 0.695. The summed E-state index contributed by atoms with van der Waals surface area (Å²) < 4.78 is 0.956. The van der Waals surface area contributed by atoms with Gasteiger partial charge in [-0.05, 0) is 45.8 Å². The number of imidazole rings is 1. The number of benzene rings is 1. The fraction of sp³-hybridized carbons (Fsp3) is 0.0769. The van der Waals surface area contributed by atoms with Crippen molar-refractivity contribution < 1.29 is 0 Å². The molecule has 0 aliphatic rings. The zero-order valence-electron chi connectivity index (χ0n) is 9.90. The van der Waals surface area contributed by atoms with Gasteiger partial charge in [0.05, 0.1) is 11.0 Å². The summed E-state index contributed by atoms with van der Waals surface area (Å²) in [4.78, 5) is 20.7. The maximum absolute atomic E-state index is 11.2. The van der Waals surface area contributed by atoms with Crippen molar-refractivity contribution >= 4 is 32.7 Å². The minimum absolute atomic E-state index is 0.191. The molecule has 0 radical (unpaired) electrons. The molecule has 1 aromatic carbocycles. The van der Waals surface area contributed by atoms with Crippen LogP contribution in [0.25, 0.3) is 11.0 Å². The zero-order chi connectivity index (χ0) is 13.2. The first kappa shape index (κ1) is 12.0. The highest BCUT2D eigenvalue weighted by molar-refractivity contribution is 9.10.